The molecule has 0 spiro atoms. The highest BCUT2D eigenvalue weighted by Crippen LogP contribution is 2.36. The Morgan fingerprint density at radius 1 is 1.28 bits per heavy atom. The van der Waals surface area contributed by atoms with Crippen molar-refractivity contribution >= 4 is 45.7 Å². The van der Waals surface area contributed by atoms with Crippen LogP contribution in [0.25, 0.3) is 0 Å². The number of anilines is 2. The maximum Gasteiger partial charge on any atom is 0.238 e. The molecule has 2 N–H and O–H groups in total. The first-order valence-electron chi connectivity index (χ1n) is 8.30. The number of nitrogens with one attached hydrogen (secondary N) is 2. The fourth-order valence-electron chi connectivity index (χ4n) is 2.65. The highest BCUT2D eigenvalue weighted by molar-refractivity contribution is 8.01. The zero-order valence-corrected chi connectivity index (χ0v) is 15.7. The van der Waals surface area contributed by atoms with Crippen LogP contribution in [-0.4, -0.2) is 27.3 Å². The van der Waals surface area contributed by atoms with Gasteiger partial charge in [0.05, 0.1) is 10.9 Å². The van der Waals surface area contributed by atoms with Crippen LogP contribution in [0, 0.1) is 0 Å². The molecule has 1 unspecified atom stereocenters. The second-order valence-electron chi connectivity index (χ2n) is 5.80. The number of carbonyl (C=O) groups excluding carboxylic acids is 2. The second kappa shape index (κ2) is 7.97. The van der Waals surface area contributed by atoms with Gasteiger partial charge in [0, 0.05) is 17.2 Å². The summed E-state index contributed by atoms with van der Waals surface area (Å²) in [5, 5.41) is 14.8. The summed E-state index contributed by atoms with van der Waals surface area (Å²) in [7, 11) is 0. The quantitative estimate of drug-likeness (QED) is 0.799. The van der Waals surface area contributed by atoms with Crippen LogP contribution in [0.3, 0.4) is 0 Å². The maximum atomic E-state index is 12.3. The predicted octanol–water partition coefficient (Wildman–Crippen LogP) is 3.88. The largest absolute Gasteiger partial charge is 0.324 e. The van der Waals surface area contributed by atoms with Gasteiger partial charge in [-0.05, 0) is 25.0 Å². The molecule has 1 aromatic heterocycles. The number of benzene rings is 1. The van der Waals surface area contributed by atoms with Crippen LogP contribution >= 0.6 is 23.1 Å². The number of aromatic nitrogens is 2. The molecule has 2 aromatic rings. The van der Waals surface area contributed by atoms with Crippen LogP contribution in [-0.2, 0) is 9.59 Å². The second-order valence-corrected chi connectivity index (χ2v) is 8.06. The fraction of sp³-hybridized carbons (Fsp3) is 0.412. The third-order valence-electron chi connectivity index (χ3n) is 4.10. The molecule has 0 bridgehead atoms. The summed E-state index contributed by atoms with van der Waals surface area (Å²) < 4.78 is 0. The Labute approximate surface area is 154 Å². The van der Waals surface area contributed by atoms with Gasteiger partial charge in [-0.3, -0.25) is 9.59 Å². The van der Waals surface area contributed by atoms with E-state index >= 15 is 0 Å². The average molecular weight is 377 g/mol. The fourth-order valence-corrected chi connectivity index (χ4v) is 4.79. The number of rotatable bonds is 6. The molecule has 0 aliphatic carbocycles. The molecule has 3 rings (SSSR count). The van der Waals surface area contributed by atoms with E-state index in [0.717, 1.165) is 28.4 Å². The Kier molecular flexibility index (Phi) is 5.70. The first-order valence-corrected chi connectivity index (χ1v) is 10.00. The maximum absolute atomic E-state index is 12.3. The highest BCUT2D eigenvalue weighted by Gasteiger charge is 2.29. The first-order chi connectivity index (χ1) is 12.1. The number of hydrogen-bond acceptors (Lipinski definition) is 6. The van der Waals surface area contributed by atoms with Crippen molar-refractivity contribution in [1.29, 1.82) is 0 Å². The normalized spacial score (nSPS) is 16.4. The SMILES string of the molecule is CCC(CC)c1nnc(NC(=O)CC2Sc3ccccc3NC2=O)s1. The smallest absolute Gasteiger partial charge is 0.238 e. The summed E-state index contributed by atoms with van der Waals surface area (Å²) in [6, 6.07) is 7.59. The molecular formula is C17H20N4O2S2. The average Bonchev–Trinajstić information content (AvgIpc) is 3.05. The molecule has 2 amide bonds. The van der Waals surface area contributed by atoms with E-state index in [1.165, 1.54) is 23.1 Å². The molecule has 132 valence electrons. The van der Waals surface area contributed by atoms with E-state index in [1.54, 1.807) is 0 Å². The van der Waals surface area contributed by atoms with Crippen LogP contribution in [0.2, 0.25) is 0 Å². The van der Waals surface area contributed by atoms with Crippen molar-refractivity contribution in [2.24, 2.45) is 0 Å². The van der Waals surface area contributed by atoms with Gasteiger partial charge in [0.1, 0.15) is 5.01 Å². The van der Waals surface area contributed by atoms with Gasteiger partial charge in [-0.15, -0.1) is 22.0 Å². The van der Waals surface area contributed by atoms with Crippen molar-refractivity contribution in [3.8, 4) is 0 Å². The standard InChI is InChI=1S/C17H20N4O2S2/c1-3-10(4-2)16-20-21-17(25-16)19-14(22)9-13-15(23)18-11-7-5-6-8-12(11)24-13/h5-8,10,13H,3-4,9H2,1-2H3,(H,18,23)(H,19,21,22). The minimum Gasteiger partial charge on any atom is -0.324 e. The van der Waals surface area contributed by atoms with Gasteiger partial charge >= 0.3 is 0 Å². The molecule has 25 heavy (non-hydrogen) atoms. The summed E-state index contributed by atoms with van der Waals surface area (Å²) >= 11 is 2.82. The summed E-state index contributed by atoms with van der Waals surface area (Å²) in [6.45, 7) is 4.23. The number of thioether (sulfide) groups is 1. The predicted molar refractivity (Wildman–Crippen MR) is 101 cm³/mol. The molecule has 0 saturated heterocycles. The lowest BCUT2D eigenvalue weighted by Crippen LogP contribution is -2.32. The van der Waals surface area contributed by atoms with E-state index in [-0.39, 0.29) is 18.2 Å². The lowest BCUT2D eigenvalue weighted by atomic mass is 10.1. The van der Waals surface area contributed by atoms with Gasteiger partial charge in [0.15, 0.2) is 0 Å². The van der Waals surface area contributed by atoms with Gasteiger partial charge in [-0.25, -0.2) is 0 Å². The van der Waals surface area contributed by atoms with Gasteiger partial charge in [-0.1, -0.05) is 37.3 Å². The minimum atomic E-state index is -0.443. The van der Waals surface area contributed by atoms with E-state index in [4.69, 9.17) is 0 Å². The molecule has 1 aliphatic rings. The van der Waals surface area contributed by atoms with Gasteiger partial charge < -0.3 is 10.6 Å². The molecule has 8 heteroatoms. The number of amides is 2. The summed E-state index contributed by atoms with van der Waals surface area (Å²) in [6.07, 6.45) is 2.10. The third kappa shape index (κ3) is 4.19. The van der Waals surface area contributed by atoms with Crippen molar-refractivity contribution in [2.75, 3.05) is 10.6 Å². The number of nitrogens with zero attached hydrogens (tertiary/aromatic N) is 2. The van der Waals surface area contributed by atoms with Crippen LogP contribution in [0.15, 0.2) is 29.2 Å². The molecule has 1 atom stereocenters. The Hall–Kier alpha value is -1.93. The van der Waals surface area contributed by atoms with Crippen molar-refractivity contribution in [3.63, 3.8) is 0 Å². The van der Waals surface area contributed by atoms with E-state index in [2.05, 4.69) is 34.7 Å². The van der Waals surface area contributed by atoms with E-state index in [1.807, 2.05) is 24.3 Å². The summed E-state index contributed by atoms with van der Waals surface area (Å²) in [5.74, 6) is 0.00689. The number of carbonyl (C=O) groups is 2. The molecule has 1 aromatic carbocycles. The zero-order valence-electron chi connectivity index (χ0n) is 14.1. The lowest BCUT2D eigenvalue weighted by molar-refractivity contribution is -0.120. The third-order valence-corrected chi connectivity index (χ3v) is 6.38. The number of hydrogen-bond donors (Lipinski definition) is 2. The van der Waals surface area contributed by atoms with Gasteiger partial charge in [-0.2, -0.15) is 0 Å². The number of fused-ring (bicyclic) bond motifs is 1. The molecule has 1 aliphatic heterocycles. The summed E-state index contributed by atoms with van der Waals surface area (Å²) in [4.78, 5) is 25.4. The monoisotopic (exact) mass is 376 g/mol. The molecule has 0 saturated carbocycles. The van der Waals surface area contributed by atoms with E-state index in [9.17, 15) is 9.59 Å². The zero-order chi connectivity index (χ0) is 17.8. The summed E-state index contributed by atoms with van der Waals surface area (Å²) in [5.41, 5.74) is 0.799. The molecule has 0 fully saturated rings. The molecular weight excluding hydrogens is 356 g/mol. The minimum absolute atomic E-state index is 0.102. The number of para-hydroxylation sites is 1. The van der Waals surface area contributed by atoms with E-state index < -0.39 is 5.25 Å². The molecule has 6 nitrogen and oxygen atoms in total. The van der Waals surface area contributed by atoms with Crippen molar-refractivity contribution in [3.05, 3.63) is 29.3 Å². The van der Waals surface area contributed by atoms with Crippen LogP contribution in [0.4, 0.5) is 10.8 Å². The van der Waals surface area contributed by atoms with Crippen molar-refractivity contribution in [2.45, 2.75) is 49.2 Å². The Balaban J connectivity index is 1.61. The highest BCUT2D eigenvalue weighted by atomic mass is 32.2. The lowest BCUT2D eigenvalue weighted by Gasteiger charge is -2.23. The molecule has 2 heterocycles. The topological polar surface area (TPSA) is 84.0 Å². The van der Waals surface area contributed by atoms with Crippen molar-refractivity contribution in [1.82, 2.24) is 10.2 Å². The van der Waals surface area contributed by atoms with Crippen LogP contribution < -0.4 is 10.6 Å². The Bertz CT molecular complexity index is 774. The van der Waals surface area contributed by atoms with Gasteiger partial charge in [0.2, 0.25) is 16.9 Å². The Morgan fingerprint density at radius 2 is 2.04 bits per heavy atom. The molecule has 0 radical (unpaired) electrons. The van der Waals surface area contributed by atoms with E-state index in [0.29, 0.717) is 11.0 Å². The van der Waals surface area contributed by atoms with Crippen LogP contribution in [0.5, 0.6) is 0 Å². The first kappa shape index (κ1) is 17.9. The Morgan fingerprint density at radius 3 is 2.80 bits per heavy atom. The van der Waals surface area contributed by atoms with Crippen LogP contribution in [0.1, 0.15) is 44.0 Å². The van der Waals surface area contributed by atoms with Crippen molar-refractivity contribution < 1.29 is 9.59 Å². The van der Waals surface area contributed by atoms with Gasteiger partial charge in [0.25, 0.3) is 0 Å².